The molecular weight excluding hydrogens is 405 g/mol. The van der Waals surface area contributed by atoms with Crippen LogP contribution >= 0.6 is 0 Å². The Morgan fingerprint density at radius 3 is 2.44 bits per heavy atom. The number of piperazine rings is 1. The lowest BCUT2D eigenvalue weighted by Gasteiger charge is -2.39. The highest BCUT2D eigenvalue weighted by Crippen LogP contribution is 2.33. The van der Waals surface area contributed by atoms with Crippen LogP contribution in [0.3, 0.4) is 0 Å². The topological polar surface area (TPSA) is 44.8 Å². The fraction of sp³-hybridized carbons (Fsp3) is 0.654. The van der Waals surface area contributed by atoms with Crippen LogP contribution in [0, 0.1) is 24.6 Å². The molecule has 32 heavy (non-hydrogen) atoms. The number of amides is 1. The maximum absolute atomic E-state index is 14.4. The molecule has 0 radical (unpaired) electrons. The number of ether oxygens (including phenoxy) is 1. The Morgan fingerprint density at radius 2 is 1.78 bits per heavy atom. The minimum absolute atomic E-state index is 0.0210. The molecule has 1 aromatic carbocycles. The molecule has 176 valence electrons. The van der Waals surface area contributed by atoms with E-state index in [0.717, 1.165) is 56.1 Å². The van der Waals surface area contributed by atoms with E-state index in [2.05, 4.69) is 28.1 Å². The Morgan fingerprint density at radius 1 is 1.09 bits per heavy atom. The van der Waals surface area contributed by atoms with Gasteiger partial charge in [0.2, 0.25) is 5.91 Å². The van der Waals surface area contributed by atoms with Gasteiger partial charge >= 0.3 is 0 Å². The number of hydrogen-bond donors (Lipinski definition) is 1. The Kier molecular flexibility index (Phi) is 7.84. The van der Waals surface area contributed by atoms with Gasteiger partial charge in [-0.1, -0.05) is 18.9 Å². The van der Waals surface area contributed by atoms with Crippen molar-refractivity contribution in [3.05, 3.63) is 40.8 Å². The molecule has 5 nitrogen and oxygen atoms in total. The van der Waals surface area contributed by atoms with E-state index in [0.29, 0.717) is 25.4 Å². The van der Waals surface area contributed by atoms with E-state index in [9.17, 15) is 9.18 Å². The number of carbonyl (C=O) groups excluding carboxylic acids is 1. The zero-order chi connectivity index (χ0) is 22.5. The first-order valence-electron chi connectivity index (χ1n) is 12.4. The lowest BCUT2D eigenvalue weighted by molar-refractivity contribution is -0.122. The fourth-order valence-electron chi connectivity index (χ4n) is 5.53. The molecule has 4 rings (SSSR count). The maximum atomic E-state index is 14.4. The summed E-state index contributed by atoms with van der Waals surface area (Å²) in [6.07, 6.45) is 9.13. The normalized spacial score (nSPS) is 21.8. The number of allylic oxidation sites excluding steroid dienone is 2. The summed E-state index contributed by atoms with van der Waals surface area (Å²) < 4.78 is 19.8. The molecule has 1 saturated carbocycles. The fourth-order valence-corrected chi connectivity index (χ4v) is 5.53. The van der Waals surface area contributed by atoms with Gasteiger partial charge in [-0.3, -0.25) is 9.69 Å². The number of nitrogens with zero attached hydrogens (tertiary/aromatic N) is 2. The average molecular weight is 444 g/mol. The van der Waals surface area contributed by atoms with E-state index in [4.69, 9.17) is 4.74 Å². The summed E-state index contributed by atoms with van der Waals surface area (Å²) in [6, 6.07) is 3.08. The van der Waals surface area contributed by atoms with Gasteiger partial charge < -0.3 is 15.0 Å². The van der Waals surface area contributed by atoms with E-state index in [1.54, 1.807) is 6.07 Å². The zero-order valence-electron chi connectivity index (χ0n) is 19.7. The lowest BCUT2D eigenvalue weighted by Crippen LogP contribution is -2.46. The molecule has 1 aliphatic carbocycles. The van der Waals surface area contributed by atoms with Gasteiger partial charge in [0.1, 0.15) is 5.82 Å². The molecular formula is C26H38FN3O2. The smallest absolute Gasteiger partial charge is 0.227 e. The monoisotopic (exact) mass is 443 g/mol. The molecule has 3 aliphatic rings. The SMILES string of the molecule is C/C=C(/C1CCCC1)N1CCN(Cc2cc(F)cc(NC(=O)C3CCOCC3)c2C)CC1. The van der Waals surface area contributed by atoms with Crippen molar-refractivity contribution in [1.29, 1.82) is 0 Å². The summed E-state index contributed by atoms with van der Waals surface area (Å²) in [4.78, 5) is 17.6. The third-order valence-corrected chi connectivity index (χ3v) is 7.53. The number of hydrogen-bond acceptors (Lipinski definition) is 4. The van der Waals surface area contributed by atoms with Crippen LogP contribution < -0.4 is 5.32 Å². The van der Waals surface area contributed by atoms with Gasteiger partial charge in [0, 0.05) is 63.2 Å². The van der Waals surface area contributed by atoms with Crippen molar-refractivity contribution >= 4 is 11.6 Å². The standard InChI is InChI=1S/C26H38FN3O2/c1-3-25(20-6-4-5-7-20)30-12-10-29(11-13-30)18-22-16-23(27)17-24(19(22)2)28-26(31)21-8-14-32-15-9-21/h3,16-17,20-21H,4-15,18H2,1-2H3,(H,28,31)/b25-3-. The van der Waals surface area contributed by atoms with Gasteiger partial charge in [-0.15, -0.1) is 0 Å². The predicted octanol–water partition coefficient (Wildman–Crippen LogP) is 4.71. The van der Waals surface area contributed by atoms with Gasteiger partial charge in [0.05, 0.1) is 0 Å². The molecule has 0 bridgehead atoms. The molecule has 1 amide bonds. The number of nitrogens with one attached hydrogen (secondary N) is 1. The van der Waals surface area contributed by atoms with E-state index in [1.165, 1.54) is 37.4 Å². The van der Waals surface area contributed by atoms with Crippen molar-refractivity contribution < 1.29 is 13.9 Å². The van der Waals surface area contributed by atoms with E-state index in [-0.39, 0.29) is 17.6 Å². The first-order valence-corrected chi connectivity index (χ1v) is 12.4. The van der Waals surface area contributed by atoms with Crippen molar-refractivity contribution in [2.45, 2.75) is 58.9 Å². The minimum atomic E-state index is -0.288. The highest BCUT2D eigenvalue weighted by molar-refractivity contribution is 5.93. The number of rotatable bonds is 6. The summed E-state index contributed by atoms with van der Waals surface area (Å²) in [6.45, 7) is 10.1. The quantitative estimate of drug-likeness (QED) is 0.692. The van der Waals surface area contributed by atoms with Crippen molar-refractivity contribution in [2.24, 2.45) is 11.8 Å². The van der Waals surface area contributed by atoms with Crippen molar-refractivity contribution in [2.75, 3.05) is 44.7 Å². The molecule has 0 unspecified atom stereocenters. The summed E-state index contributed by atoms with van der Waals surface area (Å²) in [7, 11) is 0. The number of carbonyl (C=O) groups is 1. The van der Waals surface area contributed by atoms with Crippen molar-refractivity contribution in [1.82, 2.24) is 9.80 Å². The molecule has 1 N–H and O–H groups in total. The van der Waals surface area contributed by atoms with Crippen LogP contribution in [0.25, 0.3) is 0 Å². The first-order chi connectivity index (χ1) is 15.5. The maximum Gasteiger partial charge on any atom is 0.227 e. The number of anilines is 1. The molecule has 6 heteroatoms. The third kappa shape index (κ3) is 5.52. The number of halogens is 1. The molecule has 0 atom stereocenters. The minimum Gasteiger partial charge on any atom is -0.381 e. The Labute approximate surface area is 192 Å². The van der Waals surface area contributed by atoms with Gasteiger partial charge in [0.25, 0.3) is 0 Å². The van der Waals surface area contributed by atoms with Gasteiger partial charge in [0.15, 0.2) is 0 Å². The molecule has 3 fully saturated rings. The van der Waals surface area contributed by atoms with Crippen LogP contribution in [0.1, 0.15) is 56.6 Å². The van der Waals surface area contributed by atoms with E-state index < -0.39 is 0 Å². The average Bonchev–Trinajstić information content (AvgIpc) is 3.33. The van der Waals surface area contributed by atoms with Crippen molar-refractivity contribution in [3.63, 3.8) is 0 Å². The molecule has 0 aromatic heterocycles. The van der Waals surface area contributed by atoms with Crippen LogP contribution in [0.15, 0.2) is 23.9 Å². The summed E-state index contributed by atoms with van der Waals surface area (Å²) in [5, 5.41) is 2.99. The van der Waals surface area contributed by atoms with Crippen LogP contribution in [0.5, 0.6) is 0 Å². The summed E-state index contributed by atoms with van der Waals surface area (Å²) in [5.74, 6) is 0.374. The molecule has 1 aromatic rings. The lowest BCUT2D eigenvalue weighted by atomic mass is 9.98. The van der Waals surface area contributed by atoms with Gasteiger partial charge in [-0.25, -0.2) is 4.39 Å². The van der Waals surface area contributed by atoms with Gasteiger partial charge in [-0.2, -0.15) is 0 Å². The third-order valence-electron chi connectivity index (χ3n) is 7.53. The summed E-state index contributed by atoms with van der Waals surface area (Å²) >= 11 is 0. The molecule has 2 aliphatic heterocycles. The second-order valence-corrected chi connectivity index (χ2v) is 9.57. The second-order valence-electron chi connectivity index (χ2n) is 9.57. The van der Waals surface area contributed by atoms with Crippen LogP contribution in [-0.4, -0.2) is 55.1 Å². The van der Waals surface area contributed by atoms with E-state index in [1.807, 2.05) is 6.92 Å². The Hall–Kier alpha value is -1.92. The summed E-state index contributed by atoms with van der Waals surface area (Å²) in [5.41, 5.74) is 4.06. The van der Waals surface area contributed by atoms with Crippen LogP contribution in [0.2, 0.25) is 0 Å². The highest BCUT2D eigenvalue weighted by atomic mass is 19.1. The second kappa shape index (κ2) is 10.8. The number of benzene rings is 1. The Balaban J connectivity index is 1.36. The largest absolute Gasteiger partial charge is 0.381 e. The molecule has 0 spiro atoms. The first kappa shape index (κ1) is 23.2. The zero-order valence-corrected chi connectivity index (χ0v) is 19.7. The van der Waals surface area contributed by atoms with Crippen LogP contribution in [0.4, 0.5) is 10.1 Å². The van der Waals surface area contributed by atoms with Crippen molar-refractivity contribution in [3.8, 4) is 0 Å². The predicted molar refractivity (Wildman–Crippen MR) is 126 cm³/mol. The van der Waals surface area contributed by atoms with E-state index >= 15 is 0 Å². The Bertz CT molecular complexity index is 821. The molecule has 2 saturated heterocycles. The molecule has 2 heterocycles. The van der Waals surface area contributed by atoms with Gasteiger partial charge in [-0.05, 0) is 68.7 Å². The van der Waals surface area contributed by atoms with Crippen LogP contribution in [-0.2, 0) is 16.1 Å². The highest BCUT2D eigenvalue weighted by Gasteiger charge is 2.27.